The van der Waals surface area contributed by atoms with E-state index in [2.05, 4.69) is 4.98 Å². The normalized spacial score (nSPS) is 18.6. The molecule has 0 spiro atoms. The fourth-order valence-electron chi connectivity index (χ4n) is 2.69. The molecule has 0 N–H and O–H groups in total. The summed E-state index contributed by atoms with van der Waals surface area (Å²) in [5.41, 5.74) is -0.0798. The van der Waals surface area contributed by atoms with Crippen molar-refractivity contribution in [1.82, 2.24) is 9.55 Å². The summed E-state index contributed by atoms with van der Waals surface area (Å²) in [6, 6.07) is 0. The molecule has 1 aromatic rings. The van der Waals surface area contributed by atoms with Crippen LogP contribution in [0.1, 0.15) is 33.1 Å². The molecule has 0 aliphatic carbocycles. The molecule has 0 saturated carbocycles. The molecule has 1 aliphatic heterocycles. The maximum Gasteiger partial charge on any atom is 0.310 e. The van der Waals surface area contributed by atoms with Crippen LogP contribution in [0.3, 0.4) is 0 Å². The Labute approximate surface area is 124 Å². The molecule has 1 fully saturated rings. The number of anilines is 1. The molecule has 21 heavy (non-hydrogen) atoms. The molecule has 1 saturated heterocycles. The van der Waals surface area contributed by atoms with Crippen LogP contribution in [0.4, 0.5) is 5.82 Å². The third-order valence-corrected chi connectivity index (χ3v) is 3.70. The zero-order chi connectivity index (χ0) is 15.2. The highest BCUT2D eigenvalue weighted by molar-refractivity contribution is 5.73. The monoisotopic (exact) mass is 293 g/mol. The Morgan fingerprint density at radius 1 is 1.48 bits per heavy atom. The van der Waals surface area contributed by atoms with Crippen molar-refractivity contribution in [3.63, 3.8) is 0 Å². The number of nitrogens with zero attached hydrogens (tertiary/aromatic N) is 3. The Kier molecular flexibility index (Phi) is 5.36. The van der Waals surface area contributed by atoms with E-state index in [0.717, 1.165) is 25.8 Å². The van der Waals surface area contributed by atoms with Crippen LogP contribution in [-0.2, 0) is 16.1 Å². The maximum atomic E-state index is 12.4. The first kappa shape index (κ1) is 15.5. The van der Waals surface area contributed by atoms with Crippen molar-refractivity contribution in [2.75, 3.05) is 24.6 Å². The first-order valence-corrected chi connectivity index (χ1v) is 7.64. The third kappa shape index (κ3) is 3.62. The number of hydrogen-bond donors (Lipinski definition) is 0. The molecule has 6 nitrogen and oxygen atoms in total. The van der Waals surface area contributed by atoms with Gasteiger partial charge in [0, 0.05) is 32.0 Å². The molecule has 2 heterocycles. The second kappa shape index (κ2) is 7.24. The van der Waals surface area contributed by atoms with Gasteiger partial charge in [0.15, 0.2) is 5.82 Å². The molecular weight excluding hydrogens is 270 g/mol. The number of ether oxygens (including phenoxy) is 1. The number of aryl methyl sites for hydroxylation is 1. The van der Waals surface area contributed by atoms with Gasteiger partial charge in [-0.15, -0.1) is 0 Å². The molecule has 0 aromatic carbocycles. The van der Waals surface area contributed by atoms with Crippen molar-refractivity contribution in [2.24, 2.45) is 5.92 Å². The van der Waals surface area contributed by atoms with Crippen LogP contribution < -0.4 is 10.5 Å². The number of hydrogen-bond acceptors (Lipinski definition) is 5. The van der Waals surface area contributed by atoms with E-state index in [1.807, 2.05) is 11.8 Å². The van der Waals surface area contributed by atoms with E-state index in [9.17, 15) is 9.59 Å². The number of aromatic nitrogens is 2. The predicted molar refractivity (Wildman–Crippen MR) is 80.4 cm³/mol. The Hall–Kier alpha value is -1.85. The molecule has 116 valence electrons. The zero-order valence-electron chi connectivity index (χ0n) is 12.7. The van der Waals surface area contributed by atoms with Gasteiger partial charge in [-0.3, -0.25) is 9.59 Å². The van der Waals surface area contributed by atoms with Gasteiger partial charge in [0.25, 0.3) is 5.56 Å². The summed E-state index contributed by atoms with van der Waals surface area (Å²) in [5, 5.41) is 0. The van der Waals surface area contributed by atoms with Gasteiger partial charge in [0.2, 0.25) is 0 Å². The van der Waals surface area contributed by atoms with Crippen LogP contribution in [-0.4, -0.2) is 35.2 Å². The van der Waals surface area contributed by atoms with E-state index < -0.39 is 0 Å². The zero-order valence-corrected chi connectivity index (χ0v) is 12.7. The van der Waals surface area contributed by atoms with E-state index in [4.69, 9.17) is 4.74 Å². The largest absolute Gasteiger partial charge is 0.466 e. The van der Waals surface area contributed by atoms with Crippen LogP contribution in [0.5, 0.6) is 0 Å². The molecule has 1 aromatic heterocycles. The fourth-order valence-corrected chi connectivity index (χ4v) is 2.69. The lowest BCUT2D eigenvalue weighted by atomic mass is 9.98. The van der Waals surface area contributed by atoms with E-state index in [1.54, 1.807) is 23.9 Å². The first-order valence-electron chi connectivity index (χ1n) is 7.64. The molecule has 0 bridgehead atoms. The lowest BCUT2D eigenvalue weighted by Crippen LogP contribution is -2.43. The van der Waals surface area contributed by atoms with Crippen LogP contribution in [0.2, 0.25) is 0 Å². The summed E-state index contributed by atoms with van der Waals surface area (Å²) >= 11 is 0. The minimum atomic E-state index is -0.174. The third-order valence-electron chi connectivity index (χ3n) is 3.70. The summed E-state index contributed by atoms with van der Waals surface area (Å²) in [7, 11) is 0. The standard InChI is InChI=1S/C15H23N3O3/c1-3-8-17-10-7-16-13(14(17)19)18-9-5-6-12(11-18)15(20)21-4-2/h7,10,12H,3-6,8-9,11H2,1-2H3. The summed E-state index contributed by atoms with van der Waals surface area (Å²) in [4.78, 5) is 30.4. The van der Waals surface area contributed by atoms with Crippen molar-refractivity contribution in [1.29, 1.82) is 0 Å². The maximum absolute atomic E-state index is 12.4. The summed E-state index contributed by atoms with van der Waals surface area (Å²) < 4.78 is 6.77. The molecule has 2 rings (SSSR count). The second-order valence-corrected chi connectivity index (χ2v) is 5.29. The fraction of sp³-hybridized carbons (Fsp3) is 0.667. The van der Waals surface area contributed by atoms with E-state index in [-0.39, 0.29) is 17.4 Å². The minimum absolute atomic E-state index is 0.0798. The van der Waals surface area contributed by atoms with Gasteiger partial charge in [0.05, 0.1) is 12.5 Å². The van der Waals surface area contributed by atoms with Gasteiger partial charge < -0.3 is 14.2 Å². The number of carbonyl (C=O) groups excluding carboxylic acids is 1. The lowest BCUT2D eigenvalue weighted by molar-refractivity contribution is -0.148. The van der Waals surface area contributed by atoms with Gasteiger partial charge in [-0.1, -0.05) is 6.92 Å². The second-order valence-electron chi connectivity index (χ2n) is 5.29. The van der Waals surface area contributed by atoms with Crippen molar-refractivity contribution < 1.29 is 9.53 Å². The first-order chi connectivity index (χ1) is 10.2. The summed E-state index contributed by atoms with van der Waals surface area (Å²) in [5.74, 6) is 0.103. The van der Waals surface area contributed by atoms with Crippen molar-refractivity contribution >= 4 is 11.8 Å². The van der Waals surface area contributed by atoms with Gasteiger partial charge >= 0.3 is 5.97 Å². The predicted octanol–water partition coefficient (Wildman–Crippen LogP) is 1.43. The van der Waals surface area contributed by atoms with Crippen LogP contribution >= 0.6 is 0 Å². The van der Waals surface area contributed by atoms with Gasteiger partial charge in [-0.2, -0.15) is 0 Å². The van der Waals surface area contributed by atoms with Crippen LogP contribution in [0, 0.1) is 5.92 Å². The number of piperidine rings is 1. The molecule has 6 heteroatoms. The molecular formula is C15H23N3O3. The highest BCUT2D eigenvalue weighted by Crippen LogP contribution is 2.20. The van der Waals surface area contributed by atoms with Crippen molar-refractivity contribution in [3.8, 4) is 0 Å². The molecule has 0 amide bonds. The number of rotatable bonds is 5. The molecule has 1 unspecified atom stereocenters. The lowest BCUT2D eigenvalue weighted by Gasteiger charge is -2.31. The van der Waals surface area contributed by atoms with Crippen molar-refractivity contribution in [2.45, 2.75) is 39.7 Å². The quantitative estimate of drug-likeness (QED) is 0.769. The molecule has 0 radical (unpaired) electrons. The Morgan fingerprint density at radius 3 is 3.00 bits per heavy atom. The van der Waals surface area contributed by atoms with Crippen molar-refractivity contribution in [3.05, 3.63) is 22.7 Å². The number of carbonyl (C=O) groups is 1. The van der Waals surface area contributed by atoms with E-state index in [1.165, 1.54) is 0 Å². The minimum Gasteiger partial charge on any atom is -0.466 e. The van der Waals surface area contributed by atoms with Gasteiger partial charge in [0.1, 0.15) is 0 Å². The average molecular weight is 293 g/mol. The Morgan fingerprint density at radius 2 is 2.29 bits per heavy atom. The van der Waals surface area contributed by atoms with E-state index >= 15 is 0 Å². The Bertz CT molecular complexity index is 541. The van der Waals surface area contributed by atoms with Crippen LogP contribution in [0.25, 0.3) is 0 Å². The number of esters is 1. The molecule has 1 aliphatic rings. The summed E-state index contributed by atoms with van der Waals surface area (Å²) in [6.45, 7) is 6.18. The van der Waals surface area contributed by atoms with Crippen LogP contribution in [0.15, 0.2) is 17.2 Å². The topological polar surface area (TPSA) is 64.4 Å². The van der Waals surface area contributed by atoms with Gasteiger partial charge in [-0.25, -0.2) is 4.98 Å². The highest BCUT2D eigenvalue weighted by atomic mass is 16.5. The Balaban J connectivity index is 2.16. The van der Waals surface area contributed by atoms with Gasteiger partial charge in [-0.05, 0) is 26.2 Å². The average Bonchev–Trinajstić information content (AvgIpc) is 2.50. The smallest absolute Gasteiger partial charge is 0.310 e. The molecule has 1 atom stereocenters. The SMILES string of the molecule is CCCn1ccnc(N2CCCC(C(=O)OCC)C2)c1=O. The van der Waals surface area contributed by atoms with E-state index in [0.29, 0.717) is 25.5 Å². The summed E-state index contributed by atoms with van der Waals surface area (Å²) in [6.07, 6.45) is 5.94. The highest BCUT2D eigenvalue weighted by Gasteiger charge is 2.28.